The Balaban J connectivity index is 1.38. The zero-order valence-corrected chi connectivity index (χ0v) is 17.1. The summed E-state index contributed by atoms with van der Waals surface area (Å²) in [7, 11) is 0. The first-order valence-corrected chi connectivity index (χ1v) is 9.64. The maximum atomic E-state index is 12.1. The van der Waals surface area contributed by atoms with Crippen LogP contribution in [0.5, 0.6) is 0 Å². The van der Waals surface area contributed by atoms with E-state index >= 15 is 0 Å². The molecule has 0 aliphatic rings. The molecular formula is C22H23N7O. The molecule has 4 rings (SSSR count). The summed E-state index contributed by atoms with van der Waals surface area (Å²) in [6, 6.07) is 15.0. The van der Waals surface area contributed by atoms with Gasteiger partial charge in [-0.2, -0.15) is 5.10 Å². The van der Waals surface area contributed by atoms with Crippen LogP contribution in [0.15, 0.2) is 60.9 Å². The number of aromatic nitrogens is 5. The molecule has 0 atom stereocenters. The second-order valence-electron chi connectivity index (χ2n) is 7.09. The lowest BCUT2D eigenvalue weighted by atomic mass is 10.2. The van der Waals surface area contributed by atoms with Crippen LogP contribution in [0.1, 0.15) is 17.0 Å². The lowest BCUT2D eigenvalue weighted by molar-refractivity contribution is -0.116. The molecule has 8 nitrogen and oxygen atoms in total. The third-order valence-electron chi connectivity index (χ3n) is 4.95. The van der Waals surface area contributed by atoms with Crippen LogP contribution in [0.4, 0.5) is 17.2 Å². The summed E-state index contributed by atoms with van der Waals surface area (Å²) >= 11 is 0. The van der Waals surface area contributed by atoms with Gasteiger partial charge in [-0.05, 0) is 74.9 Å². The highest BCUT2D eigenvalue weighted by Gasteiger charge is 2.10. The van der Waals surface area contributed by atoms with E-state index in [9.17, 15) is 4.79 Å². The first-order valence-electron chi connectivity index (χ1n) is 9.64. The molecule has 0 spiro atoms. The highest BCUT2D eigenvalue weighted by molar-refractivity contribution is 5.90. The molecule has 8 heteroatoms. The predicted molar refractivity (Wildman–Crippen MR) is 116 cm³/mol. The number of benzene rings is 1. The van der Waals surface area contributed by atoms with Crippen LogP contribution in [0.25, 0.3) is 5.82 Å². The largest absolute Gasteiger partial charge is 0.345 e. The SMILES string of the molecule is Cc1nn(-c2ccc(Nc3ccc(NC(=O)Cn4cccc4)cc3)nn2)c(C)c1C. The van der Waals surface area contributed by atoms with Crippen LogP contribution in [0.2, 0.25) is 0 Å². The normalized spacial score (nSPS) is 10.8. The zero-order chi connectivity index (χ0) is 21.1. The number of aryl methyl sites for hydroxylation is 1. The Labute approximate surface area is 174 Å². The molecule has 1 amide bonds. The minimum Gasteiger partial charge on any atom is -0.345 e. The van der Waals surface area contributed by atoms with E-state index in [2.05, 4.69) is 25.9 Å². The highest BCUT2D eigenvalue weighted by atomic mass is 16.1. The van der Waals surface area contributed by atoms with Crippen molar-refractivity contribution in [1.29, 1.82) is 0 Å². The summed E-state index contributed by atoms with van der Waals surface area (Å²) in [6.45, 7) is 6.32. The quantitative estimate of drug-likeness (QED) is 0.513. The molecule has 0 bridgehead atoms. The fourth-order valence-electron chi connectivity index (χ4n) is 3.08. The van der Waals surface area contributed by atoms with Crippen molar-refractivity contribution in [2.75, 3.05) is 10.6 Å². The monoisotopic (exact) mass is 401 g/mol. The summed E-state index contributed by atoms with van der Waals surface area (Å²) in [5.41, 5.74) is 4.77. The molecule has 2 N–H and O–H groups in total. The number of carbonyl (C=O) groups excluding carboxylic acids is 1. The average Bonchev–Trinajstić information content (AvgIpc) is 3.34. The van der Waals surface area contributed by atoms with E-state index in [0.717, 1.165) is 28.3 Å². The lowest BCUT2D eigenvalue weighted by Crippen LogP contribution is -2.17. The van der Waals surface area contributed by atoms with Gasteiger partial charge in [-0.3, -0.25) is 4.79 Å². The van der Waals surface area contributed by atoms with Crippen molar-refractivity contribution < 1.29 is 4.79 Å². The van der Waals surface area contributed by atoms with Crippen LogP contribution in [-0.4, -0.2) is 30.5 Å². The number of nitrogens with zero attached hydrogens (tertiary/aromatic N) is 5. The Bertz CT molecular complexity index is 1140. The Morgan fingerprint density at radius 2 is 1.63 bits per heavy atom. The maximum absolute atomic E-state index is 12.1. The molecule has 0 saturated heterocycles. The molecular weight excluding hydrogens is 378 g/mol. The van der Waals surface area contributed by atoms with E-state index in [0.29, 0.717) is 11.6 Å². The van der Waals surface area contributed by atoms with Crippen molar-refractivity contribution in [2.45, 2.75) is 27.3 Å². The molecule has 0 fully saturated rings. The topological polar surface area (TPSA) is 89.7 Å². The minimum absolute atomic E-state index is 0.0762. The third kappa shape index (κ3) is 4.22. The van der Waals surface area contributed by atoms with Crippen LogP contribution in [0, 0.1) is 20.8 Å². The van der Waals surface area contributed by atoms with Gasteiger partial charge >= 0.3 is 0 Å². The molecule has 0 saturated carbocycles. The molecule has 152 valence electrons. The summed E-state index contributed by atoms with van der Waals surface area (Å²) in [5.74, 6) is 1.23. The van der Waals surface area contributed by atoms with Crippen molar-refractivity contribution in [3.8, 4) is 5.82 Å². The van der Waals surface area contributed by atoms with Gasteiger partial charge in [0.2, 0.25) is 5.91 Å². The fourth-order valence-corrected chi connectivity index (χ4v) is 3.08. The summed E-state index contributed by atoms with van der Waals surface area (Å²) in [4.78, 5) is 12.1. The van der Waals surface area contributed by atoms with E-state index in [-0.39, 0.29) is 12.5 Å². The molecule has 0 aliphatic heterocycles. The van der Waals surface area contributed by atoms with Crippen molar-refractivity contribution in [1.82, 2.24) is 24.5 Å². The predicted octanol–water partition coefficient (Wildman–Crippen LogP) is 3.77. The molecule has 0 unspecified atom stereocenters. The van der Waals surface area contributed by atoms with Crippen LogP contribution >= 0.6 is 0 Å². The standard InChI is InChI=1S/C22H23N7O/c1-15-16(2)27-29(17(15)3)21-11-10-20(25-26-21)23-18-6-8-19(9-7-18)24-22(30)14-28-12-4-5-13-28/h4-13H,14H2,1-3H3,(H,23,25)(H,24,30). The highest BCUT2D eigenvalue weighted by Crippen LogP contribution is 2.19. The minimum atomic E-state index is -0.0762. The van der Waals surface area contributed by atoms with E-state index in [1.165, 1.54) is 0 Å². The van der Waals surface area contributed by atoms with Crippen LogP contribution in [-0.2, 0) is 11.3 Å². The maximum Gasteiger partial charge on any atom is 0.244 e. The first-order chi connectivity index (χ1) is 14.5. The number of amides is 1. The molecule has 4 aromatic rings. The van der Waals surface area contributed by atoms with Crippen molar-refractivity contribution in [3.05, 3.63) is 77.9 Å². The van der Waals surface area contributed by atoms with E-state index in [1.807, 2.05) is 86.3 Å². The summed E-state index contributed by atoms with van der Waals surface area (Å²) in [6.07, 6.45) is 3.71. The van der Waals surface area contributed by atoms with E-state index in [4.69, 9.17) is 0 Å². The van der Waals surface area contributed by atoms with Crippen molar-refractivity contribution in [2.24, 2.45) is 0 Å². The number of hydrogen-bond donors (Lipinski definition) is 2. The average molecular weight is 401 g/mol. The Morgan fingerprint density at radius 3 is 2.23 bits per heavy atom. The van der Waals surface area contributed by atoms with E-state index in [1.54, 1.807) is 4.68 Å². The summed E-state index contributed by atoms with van der Waals surface area (Å²) in [5, 5.41) is 19.1. The molecule has 0 radical (unpaired) electrons. The number of anilines is 3. The molecule has 3 aromatic heterocycles. The van der Waals surface area contributed by atoms with Crippen LogP contribution in [0.3, 0.4) is 0 Å². The van der Waals surface area contributed by atoms with Gasteiger partial charge in [0, 0.05) is 29.5 Å². The Hall–Kier alpha value is -3.94. The second kappa shape index (κ2) is 8.20. The summed E-state index contributed by atoms with van der Waals surface area (Å²) < 4.78 is 3.62. The molecule has 1 aromatic carbocycles. The van der Waals surface area contributed by atoms with E-state index < -0.39 is 0 Å². The van der Waals surface area contributed by atoms with Gasteiger partial charge in [-0.15, -0.1) is 10.2 Å². The van der Waals surface area contributed by atoms with Crippen LogP contribution < -0.4 is 10.6 Å². The zero-order valence-electron chi connectivity index (χ0n) is 17.1. The van der Waals surface area contributed by atoms with Gasteiger partial charge in [0.25, 0.3) is 0 Å². The van der Waals surface area contributed by atoms with Gasteiger partial charge < -0.3 is 15.2 Å². The fraction of sp³-hybridized carbons (Fsp3) is 0.182. The Kier molecular flexibility index (Phi) is 5.30. The van der Waals surface area contributed by atoms with Gasteiger partial charge in [0.05, 0.1) is 5.69 Å². The lowest BCUT2D eigenvalue weighted by Gasteiger charge is -2.09. The molecule has 0 aliphatic carbocycles. The number of hydrogen-bond acceptors (Lipinski definition) is 5. The van der Waals surface area contributed by atoms with Gasteiger partial charge in [0.1, 0.15) is 6.54 Å². The van der Waals surface area contributed by atoms with Gasteiger partial charge in [-0.1, -0.05) is 0 Å². The second-order valence-corrected chi connectivity index (χ2v) is 7.09. The Morgan fingerprint density at radius 1 is 0.933 bits per heavy atom. The molecule has 3 heterocycles. The number of nitrogens with one attached hydrogen (secondary N) is 2. The van der Waals surface area contributed by atoms with Crippen molar-refractivity contribution in [3.63, 3.8) is 0 Å². The smallest absolute Gasteiger partial charge is 0.244 e. The van der Waals surface area contributed by atoms with Gasteiger partial charge in [-0.25, -0.2) is 4.68 Å². The first kappa shape index (κ1) is 19.4. The van der Waals surface area contributed by atoms with Crippen molar-refractivity contribution >= 4 is 23.1 Å². The number of carbonyl (C=O) groups is 1. The third-order valence-corrected chi connectivity index (χ3v) is 4.95. The van der Waals surface area contributed by atoms with Gasteiger partial charge in [0.15, 0.2) is 11.6 Å². The number of rotatable bonds is 6. The molecule has 30 heavy (non-hydrogen) atoms.